The second-order valence-electron chi connectivity index (χ2n) is 6.21. The van der Waals surface area contributed by atoms with Gasteiger partial charge in [0.2, 0.25) is 0 Å². The first kappa shape index (κ1) is 20.7. The number of amides is 1. The third kappa shape index (κ3) is 5.06. The van der Waals surface area contributed by atoms with Gasteiger partial charge in [-0.05, 0) is 48.5 Å². The predicted molar refractivity (Wildman–Crippen MR) is 105 cm³/mol. The number of hydrogen-bond donors (Lipinski definition) is 2. The van der Waals surface area contributed by atoms with Crippen LogP contribution in [0, 0.1) is 11.8 Å². The number of aromatic carboxylic acids is 1. The molecular weight excluding hydrogens is 395 g/mol. The summed E-state index contributed by atoms with van der Waals surface area (Å²) in [5.74, 6) is 3.61. The minimum atomic E-state index is -4.45. The lowest BCUT2D eigenvalue weighted by molar-refractivity contribution is -0.137. The fourth-order valence-electron chi connectivity index (χ4n) is 2.66. The molecule has 0 saturated carbocycles. The maximum Gasteiger partial charge on any atom is 0.416 e. The summed E-state index contributed by atoms with van der Waals surface area (Å²) in [6.45, 7) is 0. The molecule has 0 aliphatic rings. The molecule has 3 aromatic carbocycles. The van der Waals surface area contributed by atoms with E-state index in [2.05, 4.69) is 17.2 Å². The lowest BCUT2D eigenvalue weighted by atomic mass is 10.1. The Bertz CT molecular complexity index is 1170. The molecule has 30 heavy (non-hydrogen) atoms. The van der Waals surface area contributed by atoms with E-state index >= 15 is 0 Å². The van der Waals surface area contributed by atoms with Crippen LogP contribution in [0.1, 0.15) is 37.4 Å². The van der Waals surface area contributed by atoms with Crippen LogP contribution in [0.2, 0.25) is 0 Å². The van der Waals surface area contributed by atoms with Crippen molar-refractivity contribution in [2.45, 2.75) is 6.18 Å². The van der Waals surface area contributed by atoms with E-state index in [-0.39, 0.29) is 16.7 Å². The second-order valence-corrected chi connectivity index (χ2v) is 6.21. The zero-order valence-electron chi connectivity index (χ0n) is 15.3. The molecule has 0 heterocycles. The lowest BCUT2D eigenvalue weighted by Gasteiger charge is -2.08. The summed E-state index contributed by atoms with van der Waals surface area (Å²) in [6.07, 6.45) is -4.45. The summed E-state index contributed by atoms with van der Waals surface area (Å²) in [5.41, 5.74) is 0.135. The molecule has 0 aliphatic carbocycles. The van der Waals surface area contributed by atoms with Gasteiger partial charge < -0.3 is 10.4 Å². The third-order valence-corrected chi connectivity index (χ3v) is 4.06. The van der Waals surface area contributed by atoms with Crippen LogP contribution >= 0.6 is 0 Å². The van der Waals surface area contributed by atoms with Crippen molar-refractivity contribution in [2.24, 2.45) is 0 Å². The number of carbonyl (C=O) groups is 2. The maximum atomic E-state index is 12.8. The summed E-state index contributed by atoms with van der Waals surface area (Å²) in [5, 5.41) is 11.8. The summed E-state index contributed by atoms with van der Waals surface area (Å²) in [7, 11) is 0. The molecule has 150 valence electrons. The molecule has 7 heteroatoms. The van der Waals surface area contributed by atoms with E-state index < -0.39 is 23.6 Å². The van der Waals surface area contributed by atoms with Gasteiger partial charge in [-0.1, -0.05) is 36.1 Å². The topological polar surface area (TPSA) is 66.4 Å². The van der Waals surface area contributed by atoms with Crippen LogP contribution in [0.3, 0.4) is 0 Å². The van der Waals surface area contributed by atoms with Crippen molar-refractivity contribution in [1.82, 2.24) is 0 Å². The molecule has 0 aromatic heterocycles. The molecule has 4 nitrogen and oxygen atoms in total. The standard InChI is InChI=1S/C23H14F3NO3/c24-23(25,26)17-7-3-5-15(13-17)11-12-16-6-4-8-18(14-16)27-21(28)19-9-1-2-10-20(19)22(29)30/h1-10,13-14H,(H,27,28)(H,29,30). The van der Waals surface area contributed by atoms with Crippen molar-refractivity contribution in [3.05, 3.63) is 101 Å². The zero-order chi connectivity index (χ0) is 21.7. The largest absolute Gasteiger partial charge is 0.478 e. The zero-order valence-corrected chi connectivity index (χ0v) is 15.3. The number of halogens is 3. The van der Waals surface area contributed by atoms with Crippen molar-refractivity contribution >= 4 is 17.6 Å². The Kier molecular flexibility index (Phi) is 5.88. The Hall–Kier alpha value is -4.05. The fraction of sp³-hybridized carbons (Fsp3) is 0.0435. The van der Waals surface area contributed by atoms with E-state index in [1.54, 1.807) is 30.3 Å². The molecule has 0 saturated heterocycles. The number of anilines is 1. The quantitative estimate of drug-likeness (QED) is 0.595. The van der Waals surface area contributed by atoms with Gasteiger partial charge in [0.15, 0.2) is 0 Å². The summed E-state index contributed by atoms with van der Waals surface area (Å²) in [6, 6.07) is 16.9. The van der Waals surface area contributed by atoms with Crippen LogP contribution in [-0.4, -0.2) is 17.0 Å². The number of nitrogens with one attached hydrogen (secondary N) is 1. The van der Waals surface area contributed by atoms with E-state index in [1.807, 2.05) is 0 Å². The van der Waals surface area contributed by atoms with E-state index in [1.165, 1.54) is 30.3 Å². The van der Waals surface area contributed by atoms with Crippen molar-refractivity contribution < 1.29 is 27.9 Å². The van der Waals surface area contributed by atoms with Crippen molar-refractivity contribution in [3.63, 3.8) is 0 Å². The highest BCUT2D eigenvalue weighted by Gasteiger charge is 2.30. The van der Waals surface area contributed by atoms with Gasteiger partial charge >= 0.3 is 12.1 Å². The fourth-order valence-corrected chi connectivity index (χ4v) is 2.66. The van der Waals surface area contributed by atoms with Gasteiger partial charge in [-0.2, -0.15) is 13.2 Å². The number of carboxylic acids is 1. The molecule has 0 atom stereocenters. The number of benzene rings is 3. The highest BCUT2D eigenvalue weighted by Crippen LogP contribution is 2.29. The maximum absolute atomic E-state index is 12.8. The minimum Gasteiger partial charge on any atom is -0.478 e. The molecule has 0 radical (unpaired) electrons. The SMILES string of the molecule is O=C(O)c1ccccc1C(=O)Nc1cccc(C#Cc2cccc(C(F)(F)F)c2)c1. The average Bonchev–Trinajstić information content (AvgIpc) is 2.72. The number of rotatable bonds is 3. The smallest absolute Gasteiger partial charge is 0.416 e. The average molecular weight is 409 g/mol. The second kappa shape index (κ2) is 8.53. The first-order chi connectivity index (χ1) is 14.2. The van der Waals surface area contributed by atoms with Crippen LogP contribution in [0.5, 0.6) is 0 Å². The van der Waals surface area contributed by atoms with Crippen molar-refractivity contribution in [1.29, 1.82) is 0 Å². The Morgan fingerprint density at radius 3 is 2.03 bits per heavy atom. The molecule has 0 aliphatic heterocycles. The predicted octanol–water partition coefficient (Wildman–Crippen LogP) is 5.06. The molecule has 3 rings (SSSR count). The van der Waals surface area contributed by atoms with Gasteiger partial charge in [0.25, 0.3) is 5.91 Å². The first-order valence-electron chi connectivity index (χ1n) is 8.67. The summed E-state index contributed by atoms with van der Waals surface area (Å²) in [4.78, 5) is 23.7. The molecule has 0 unspecified atom stereocenters. The van der Waals surface area contributed by atoms with Gasteiger partial charge in [0, 0.05) is 16.8 Å². The van der Waals surface area contributed by atoms with Gasteiger partial charge in [0.05, 0.1) is 16.7 Å². The third-order valence-electron chi connectivity index (χ3n) is 4.06. The van der Waals surface area contributed by atoms with Crippen LogP contribution in [0.15, 0.2) is 72.8 Å². The minimum absolute atomic E-state index is 0.00505. The Labute approximate surface area is 170 Å². The summed E-state index contributed by atoms with van der Waals surface area (Å²) >= 11 is 0. The monoisotopic (exact) mass is 409 g/mol. The molecule has 0 bridgehead atoms. The number of alkyl halides is 3. The first-order valence-corrected chi connectivity index (χ1v) is 8.67. The number of carboxylic acid groups (broad SMARTS) is 1. The van der Waals surface area contributed by atoms with E-state index in [0.717, 1.165) is 12.1 Å². The number of carbonyl (C=O) groups excluding carboxylic acids is 1. The molecule has 0 spiro atoms. The Morgan fingerprint density at radius 1 is 0.800 bits per heavy atom. The molecule has 1 amide bonds. The van der Waals surface area contributed by atoms with Crippen molar-refractivity contribution in [2.75, 3.05) is 5.32 Å². The highest BCUT2D eigenvalue weighted by molar-refractivity contribution is 6.10. The normalized spacial score (nSPS) is 10.6. The lowest BCUT2D eigenvalue weighted by Crippen LogP contribution is -2.16. The molecule has 2 N–H and O–H groups in total. The Balaban J connectivity index is 1.81. The number of hydrogen-bond acceptors (Lipinski definition) is 2. The van der Waals surface area contributed by atoms with Gasteiger partial charge in [0.1, 0.15) is 0 Å². The van der Waals surface area contributed by atoms with Gasteiger partial charge in [-0.15, -0.1) is 0 Å². The van der Waals surface area contributed by atoms with Crippen molar-refractivity contribution in [3.8, 4) is 11.8 Å². The van der Waals surface area contributed by atoms with Crippen LogP contribution in [-0.2, 0) is 6.18 Å². The van der Waals surface area contributed by atoms with E-state index in [0.29, 0.717) is 11.3 Å². The van der Waals surface area contributed by atoms with E-state index in [4.69, 9.17) is 0 Å². The van der Waals surface area contributed by atoms with Crippen LogP contribution in [0.25, 0.3) is 0 Å². The molecule has 0 fully saturated rings. The summed E-state index contributed by atoms with van der Waals surface area (Å²) < 4.78 is 38.4. The molecular formula is C23H14F3NO3. The Morgan fingerprint density at radius 2 is 1.40 bits per heavy atom. The van der Waals surface area contributed by atoms with Crippen LogP contribution in [0.4, 0.5) is 18.9 Å². The van der Waals surface area contributed by atoms with Crippen LogP contribution < -0.4 is 5.32 Å². The van der Waals surface area contributed by atoms with Gasteiger partial charge in [-0.3, -0.25) is 4.79 Å². The highest BCUT2D eigenvalue weighted by atomic mass is 19.4. The van der Waals surface area contributed by atoms with Gasteiger partial charge in [-0.25, -0.2) is 4.79 Å². The van der Waals surface area contributed by atoms with E-state index in [9.17, 15) is 27.9 Å². The molecule has 3 aromatic rings.